The number of carboxylic acids is 1. The van der Waals surface area contributed by atoms with Gasteiger partial charge in [0.15, 0.2) is 0 Å². The lowest BCUT2D eigenvalue weighted by Crippen LogP contribution is -2.45. The molecule has 20 heavy (non-hydrogen) atoms. The van der Waals surface area contributed by atoms with Crippen LogP contribution in [-0.2, 0) is 11.2 Å². The Morgan fingerprint density at radius 3 is 2.45 bits per heavy atom. The molecule has 1 saturated heterocycles. The van der Waals surface area contributed by atoms with E-state index in [1.807, 2.05) is 19.1 Å². The first-order chi connectivity index (χ1) is 9.60. The first-order valence-electron chi connectivity index (χ1n) is 7.31. The van der Waals surface area contributed by atoms with Gasteiger partial charge in [0.05, 0.1) is 0 Å². The number of hydrogen-bond donors (Lipinski definition) is 1. The van der Waals surface area contributed by atoms with Crippen LogP contribution in [0.25, 0.3) is 0 Å². The van der Waals surface area contributed by atoms with Gasteiger partial charge in [0, 0.05) is 0 Å². The van der Waals surface area contributed by atoms with Crippen molar-refractivity contribution in [3.8, 4) is 0 Å². The summed E-state index contributed by atoms with van der Waals surface area (Å²) in [6, 6.07) is 6.34. The van der Waals surface area contributed by atoms with Gasteiger partial charge in [-0.2, -0.15) is 0 Å². The van der Waals surface area contributed by atoms with Gasteiger partial charge in [-0.25, -0.2) is 4.39 Å². The molecular formula is C16H22FNO2. The molecule has 0 aliphatic carbocycles. The van der Waals surface area contributed by atoms with E-state index >= 15 is 0 Å². The third-order valence-electron chi connectivity index (χ3n) is 4.20. The third-order valence-corrected chi connectivity index (χ3v) is 4.20. The Labute approximate surface area is 119 Å². The Hall–Kier alpha value is -1.42. The first-order valence-corrected chi connectivity index (χ1v) is 7.31. The van der Waals surface area contributed by atoms with Crippen molar-refractivity contribution in [1.29, 1.82) is 0 Å². The summed E-state index contributed by atoms with van der Waals surface area (Å²) in [5, 5.41) is 9.18. The Morgan fingerprint density at radius 1 is 1.35 bits per heavy atom. The standard InChI is InChI=1S/C16H22FNO2/c1-2-15(16(19)20)18-9-7-13(8-10-18)11-12-3-5-14(17)6-4-12/h3-6,13,15H,2,7-11H2,1H3,(H,19,20). The number of benzene rings is 1. The summed E-state index contributed by atoms with van der Waals surface area (Å²) in [5.41, 5.74) is 1.16. The van der Waals surface area contributed by atoms with E-state index in [0.29, 0.717) is 12.3 Å². The normalized spacial score (nSPS) is 18.9. The van der Waals surface area contributed by atoms with Crippen LogP contribution in [0.15, 0.2) is 24.3 Å². The molecule has 1 aliphatic rings. The lowest BCUT2D eigenvalue weighted by molar-refractivity contribution is -0.144. The maximum Gasteiger partial charge on any atom is 0.320 e. The second-order valence-corrected chi connectivity index (χ2v) is 5.57. The van der Waals surface area contributed by atoms with Crippen molar-refractivity contribution in [2.24, 2.45) is 5.92 Å². The lowest BCUT2D eigenvalue weighted by atomic mass is 9.89. The molecule has 1 heterocycles. The molecule has 1 aliphatic heterocycles. The van der Waals surface area contributed by atoms with Crippen LogP contribution in [0.3, 0.4) is 0 Å². The number of likely N-dealkylation sites (tertiary alicyclic amines) is 1. The molecule has 0 aromatic heterocycles. The molecule has 1 unspecified atom stereocenters. The van der Waals surface area contributed by atoms with Crippen LogP contribution in [0.1, 0.15) is 31.7 Å². The van der Waals surface area contributed by atoms with Gasteiger partial charge in [0.25, 0.3) is 0 Å². The third kappa shape index (κ3) is 3.79. The zero-order chi connectivity index (χ0) is 14.5. The Balaban J connectivity index is 1.85. The van der Waals surface area contributed by atoms with Crippen molar-refractivity contribution in [3.05, 3.63) is 35.6 Å². The number of rotatable bonds is 5. The largest absolute Gasteiger partial charge is 0.480 e. The smallest absolute Gasteiger partial charge is 0.320 e. The van der Waals surface area contributed by atoms with E-state index in [-0.39, 0.29) is 11.9 Å². The second kappa shape index (κ2) is 6.84. The average Bonchev–Trinajstić information content (AvgIpc) is 2.44. The predicted molar refractivity (Wildman–Crippen MR) is 76.1 cm³/mol. The van der Waals surface area contributed by atoms with Crippen molar-refractivity contribution in [1.82, 2.24) is 4.90 Å². The van der Waals surface area contributed by atoms with Crippen LogP contribution in [0, 0.1) is 11.7 Å². The number of carbonyl (C=O) groups is 1. The maximum absolute atomic E-state index is 12.9. The molecule has 1 aromatic carbocycles. The fourth-order valence-electron chi connectivity index (χ4n) is 3.01. The molecule has 1 aromatic rings. The van der Waals surface area contributed by atoms with Crippen molar-refractivity contribution in [3.63, 3.8) is 0 Å². The summed E-state index contributed by atoms with van der Waals surface area (Å²) in [5.74, 6) is -0.344. The summed E-state index contributed by atoms with van der Waals surface area (Å²) in [7, 11) is 0. The molecule has 0 radical (unpaired) electrons. The Bertz CT molecular complexity index is 438. The highest BCUT2D eigenvalue weighted by atomic mass is 19.1. The van der Waals surface area contributed by atoms with E-state index in [1.54, 1.807) is 0 Å². The van der Waals surface area contributed by atoms with Crippen molar-refractivity contribution < 1.29 is 14.3 Å². The van der Waals surface area contributed by atoms with E-state index in [0.717, 1.165) is 37.9 Å². The summed E-state index contributed by atoms with van der Waals surface area (Å²) < 4.78 is 12.9. The molecule has 110 valence electrons. The van der Waals surface area contributed by atoms with E-state index in [4.69, 9.17) is 0 Å². The predicted octanol–water partition coefficient (Wildman–Crippen LogP) is 2.94. The van der Waals surface area contributed by atoms with Crippen LogP contribution in [-0.4, -0.2) is 35.1 Å². The number of nitrogens with zero attached hydrogens (tertiary/aromatic N) is 1. The van der Waals surface area contributed by atoms with E-state index < -0.39 is 5.97 Å². The van der Waals surface area contributed by atoms with Crippen LogP contribution in [0.2, 0.25) is 0 Å². The van der Waals surface area contributed by atoms with Gasteiger partial charge in [-0.15, -0.1) is 0 Å². The minimum Gasteiger partial charge on any atom is -0.480 e. The number of hydrogen-bond acceptors (Lipinski definition) is 2. The zero-order valence-electron chi connectivity index (χ0n) is 11.9. The van der Waals surface area contributed by atoms with Crippen molar-refractivity contribution >= 4 is 5.97 Å². The minimum absolute atomic E-state index is 0.198. The quantitative estimate of drug-likeness (QED) is 0.901. The molecule has 4 heteroatoms. The topological polar surface area (TPSA) is 40.5 Å². The maximum atomic E-state index is 12.9. The molecule has 0 spiro atoms. The highest BCUT2D eigenvalue weighted by Gasteiger charge is 2.28. The van der Waals surface area contributed by atoms with E-state index in [1.165, 1.54) is 12.1 Å². The van der Waals surface area contributed by atoms with Gasteiger partial charge in [-0.3, -0.25) is 9.69 Å². The molecule has 1 N–H and O–H groups in total. The summed E-state index contributed by atoms with van der Waals surface area (Å²) in [4.78, 5) is 13.2. The van der Waals surface area contributed by atoms with Gasteiger partial charge in [0.2, 0.25) is 0 Å². The van der Waals surface area contributed by atoms with Gasteiger partial charge in [0.1, 0.15) is 11.9 Å². The fourth-order valence-corrected chi connectivity index (χ4v) is 3.01. The van der Waals surface area contributed by atoms with Crippen molar-refractivity contribution in [2.75, 3.05) is 13.1 Å². The molecule has 3 nitrogen and oxygen atoms in total. The first kappa shape index (κ1) is 15.0. The molecule has 2 rings (SSSR count). The highest BCUT2D eigenvalue weighted by Crippen LogP contribution is 2.23. The monoisotopic (exact) mass is 279 g/mol. The fraction of sp³-hybridized carbons (Fsp3) is 0.562. The minimum atomic E-state index is -0.718. The van der Waals surface area contributed by atoms with Gasteiger partial charge >= 0.3 is 5.97 Å². The highest BCUT2D eigenvalue weighted by molar-refractivity contribution is 5.73. The lowest BCUT2D eigenvalue weighted by Gasteiger charge is -2.35. The number of piperidine rings is 1. The average molecular weight is 279 g/mol. The SMILES string of the molecule is CCC(C(=O)O)N1CCC(Cc2ccc(F)cc2)CC1. The summed E-state index contributed by atoms with van der Waals surface area (Å²) in [6.07, 6.45) is 3.64. The number of aliphatic carboxylic acids is 1. The van der Waals surface area contributed by atoms with Gasteiger partial charge in [-0.05, 0) is 62.4 Å². The van der Waals surface area contributed by atoms with E-state index in [2.05, 4.69) is 4.90 Å². The zero-order valence-corrected chi connectivity index (χ0v) is 11.9. The van der Waals surface area contributed by atoms with Crippen molar-refractivity contribution in [2.45, 2.75) is 38.6 Å². The number of carboxylic acid groups (broad SMARTS) is 1. The van der Waals surface area contributed by atoms with E-state index in [9.17, 15) is 14.3 Å². The Kier molecular flexibility index (Phi) is 5.12. The van der Waals surface area contributed by atoms with Gasteiger partial charge < -0.3 is 5.11 Å². The molecule has 0 amide bonds. The van der Waals surface area contributed by atoms with Gasteiger partial charge in [-0.1, -0.05) is 19.1 Å². The van der Waals surface area contributed by atoms with Crippen LogP contribution >= 0.6 is 0 Å². The Morgan fingerprint density at radius 2 is 1.95 bits per heavy atom. The molecule has 0 saturated carbocycles. The molecule has 1 atom stereocenters. The van der Waals surface area contributed by atoms with Crippen LogP contribution in [0.4, 0.5) is 4.39 Å². The van der Waals surface area contributed by atoms with Crippen LogP contribution < -0.4 is 0 Å². The molecule has 0 bridgehead atoms. The molecular weight excluding hydrogens is 257 g/mol. The summed E-state index contributed by atoms with van der Waals surface area (Å²) in [6.45, 7) is 3.61. The number of halogens is 1. The molecule has 1 fully saturated rings. The second-order valence-electron chi connectivity index (χ2n) is 5.57. The van der Waals surface area contributed by atoms with Crippen LogP contribution in [0.5, 0.6) is 0 Å². The summed E-state index contributed by atoms with van der Waals surface area (Å²) >= 11 is 0.